The molecule has 2 bridgehead atoms. The van der Waals surface area contributed by atoms with Crippen LogP contribution in [0.3, 0.4) is 0 Å². The lowest BCUT2D eigenvalue weighted by atomic mass is 10.1. The van der Waals surface area contributed by atoms with Crippen LogP contribution in [0.25, 0.3) is 0 Å². The molecule has 0 aliphatic carbocycles. The van der Waals surface area contributed by atoms with Gasteiger partial charge in [0.05, 0.1) is 0 Å². The summed E-state index contributed by atoms with van der Waals surface area (Å²) < 4.78 is 29.5. The fourth-order valence-electron chi connectivity index (χ4n) is 3.72. The van der Waals surface area contributed by atoms with Crippen molar-refractivity contribution in [2.75, 3.05) is 26.2 Å². The second-order valence-corrected chi connectivity index (χ2v) is 7.86. The Bertz CT molecular complexity index is 390. The molecule has 0 radical (unpaired) electrons. The summed E-state index contributed by atoms with van der Waals surface area (Å²) in [5.41, 5.74) is 0. The summed E-state index contributed by atoms with van der Waals surface area (Å²) in [4.78, 5) is 0. The summed E-state index contributed by atoms with van der Waals surface area (Å²) in [5.74, 6) is 0. The molecule has 0 aromatic carbocycles. The zero-order chi connectivity index (χ0) is 13.3. The number of rotatable bonds is 2. The van der Waals surface area contributed by atoms with Crippen LogP contribution in [-0.2, 0) is 10.2 Å². The summed E-state index contributed by atoms with van der Waals surface area (Å²) in [6, 6.07) is 0.411. The maximum Gasteiger partial charge on any atom is 0.282 e. The molecule has 19 heavy (non-hydrogen) atoms. The summed E-state index contributed by atoms with van der Waals surface area (Å²) in [7, 11) is -3.24. The standard InChI is InChI=1S/C13H25N3O2S/c17-19(18,15-9-3-1-2-4-10-15)16-12-5-6-13(16)11-14-8-7-12/h12-14H,1-11H2. The lowest BCUT2D eigenvalue weighted by Gasteiger charge is -2.32. The molecule has 3 aliphatic rings. The normalized spacial score (nSPS) is 34.9. The smallest absolute Gasteiger partial charge is 0.282 e. The fourth-order valence-corrected chi connectivity index (χ4v) is 5.85. The van der Waals surface area contributed by atoms with E-state index in [2.05, 4.69) is 5.32 Å². The Labute approximate surface area is 116 Å². The Morgan fingerprint density at radius 1 is 0.895 bits per heavy atom. The molecule has 3 heterocycles. The van der Waals surface area contributed by atoms with Crippen molar-refractivity contribution in [1.29, 1.82) is 0 Å². The molecule has 3 rings (SSSR count). The number of fused-ring (bicyclic) bond motifs is 2. The quantitative estimate of drug-likeness (QED) is 0.822. The Morgan fingerprint density at radius 3 is 2.32 bits per heavy atom. The molecule has 6 heteroatoms. The van der Waals surface area contributed by atoms with Gasteiger partial charge in [0.2, 0.25) is 0 Å². The first kappa shape index (κ1) is 13.8. The maximum absolute atomic E-state index is 12.9. The van der Waals surface area contributed by atoms with Crippen molar-refractivity contribution in [3.05, 3.63) is 0 Å². The van der Waals surface area contributed by atoms with Crippen LogP contribution in [0, 0.1) is 0 Å². The molecule has 1 N–H and O–H groups in total. The largest absolute Gasteiger partial charge is 0.315 e. The minimum absolute atomic E-state index is 0.181. The monoisotopic (exact) mass is 287 g/mol. The maximum atomic E-state index is 12.9. The van der Waals surface area contributed by atoms with Crippen LogP contribution in [0.1, 0.15) is 44.9 Å². The molecule has 3 saturated heterocycles. The highest BCUT2D eigenvalue weighted by molar-refractivity contribution is 7.86. The van der Waals surface area contributed by atoms with Gasteiger partial charge in [0, 0.05) is 31.7 Å². The number of nitrogens with zero attached hydrogens (tertiary/aromatic N) is 2. The third kappa shape index (κ3) is 2.68. The highest BCUT2D eigenvalue weighted by Crippen LogP contribution is 2.32. The van der Waals surface area contributed by atoms with Gasteiger partial charge in [-0.25, -0.2) is 0 Å². The van der Waals surface area contributed by atoms with Crippen LogP contribution in [0.2, 0.25) is 0 Å². The predicted molar refractivity (Wildman–Crippen MR) is 75.1 cm³/mol. The molecule has 5 nitrogen and oxygen atoms in total. The topological polar surface area (TPSA) is 52.7 Å². The molecule has 0 amide bonds. The first-order valence-corrected chi connectivity index (χ1v) is 9.08. The van der Waals surface area contributed by atoms with E-state index in [0.717, 1.165) is 45.2 Å². The zero-order valence-corrected chi connectivity index (χ0v) is 12.4. The molecule has 0 aromatic rings. The minimum Gasteiger partial charge on any atom is -0.315 e. The first-order valence-electron chi connectivity index (χ1n) is 7.69. The van der Waals surface area contributed by atoms with Crippen molar-refractivity contribution in [2.24, 2.45) is 0 Å². The van der Waals surface area contributed by atoms with Gasteiger partial charge in [-0.2, -0.15) is 17.0 Å². The van der Waals surface area contributed by atoms with Gasteiger partial charge < -0.3 is 5.32 Å². The van der Waals surface area contributed by atoms with Crippen molar-refractivity contribution in [1.82, 2.24) is 13.9 Å². The van der Waals surface area contributed by atoms with Crippen molar-refractivity contribution in [3.8, 4) is 0 Å². The number of nitrogens with one attached hydrogen (secondary N) is 1. The second kappa shape index (κ2) is 5.68. The molecule has 3 aliphatic heterocycles. The summed E-state index contributed by atoms with van der Waals surface area (Å²) in [5, 5.41) is 3.37. The lowest BCUT2D eigenvalue weighted by molar-refractivity contribution is 0.292. The van der Waals surface area contributed by atoms with Crippen LogP contribution in [0.4, 0.5) is 0 Å². The van der Waals surface area contributed by atoms with E-state index in [-0.39, 0.29) is 12.1 Å². The van der Waals surface area contributed by atoms with E-state index in [1.165, 1.54) is 12.8 Å². The van der Waals surface area contributed by atoms with Gasteiger partial charge in [0.25, 0.3) is 10.2 Å². The third-order valence-electron chi connectivity index (χ3n) is 4.74. The Hall–Kier alpha value is -0.170. The van der Waals surface area contributed by atoms with Crippen LogP contribution in [0.5, 0.6) is 0 Å². The van der Waals surface area contributed by atoms with Gasteiger partial charge in [0.15, 0.2) is 0 Å². The summed E-state index contributed by atoms with van der Waals surface area (Å²) >= 11 is 0. The van der Waals surface area contributed by atoms with E-state index in [9.17, 15) is 8.42 Å². The molecule has 2 unspecified atom stereocenters. The van der Waals surface area contributed by atoms with Gasteiger partial charge in [-0.3, -0.25) is 0 Å². The fraction of sp³-hybridized carbons (Fsp3) is 1.00. The Morgan fingerprint density at radius 2 is 1.58 bits per heavy atom. The molecular formula is C13H25N3O2S. The highest BCUT2D eigenvalue weighted by atomic mass is 32.2. The van der Waals surface area contributed by atoms with E-state index in [0.29, 0.717) is 13.1 Å². The number of hydrogen-bond acceptors (Lipinski definition) is 3. The molecule has 110 valence electrons. The molecule has 0 saturated carbocycles. The van der Waals surface area contributed by atoms with Gasteiger partial charge in [-0.05, 0) is 38.6 Å². The van der Waals surface area contributed by atoms with Crippen molar-refractivity contribution in [2.45, 2.75) is 57.0 Å². The third-order valence-corrected chi connectivity index (χ3v) is 6.89. The molecule has 0 aromatic heterocycles. The van der Waals surface area contributed by atoms with Crippen LogP contribution in [0.15, 0.2) is 0 Å². The van der Waals surface area contributed by atoms with Crippen molar-refractivity contribution in [3.63, 3.8) is 0 Å². The van der Waals surface area contributed by atoms with E-state index in [4.69, 9.17) is 0 Å². The van der Waals surface area contributed by atoms with Crippen molar-refractivity contribution >= 4 is 10.2 Å². The first-order chi connectivity index (χ1) is 9.19. The Balaban J connectivity index is 1.82. The van der Waals surface area contributed by atoms with Gasteiger partial charge in [-0.15, -0.1) is 0 Å². The van der Waals surface area contributed by atoms with E-state index in [1.54, 1.807) is 4.31 Å². The van der Waals surface area contributed by atoms with Crippen molar-refractivity contribution < 1.29 is 8.42 Å². The Kier molecular flexibility index (Phi) is 4.12. The molecule has 3 fully saturated rings. The predicted octanol–water partition coefficient (Wildman–Crippen LogP) is 0.933. The van der Waals surface area contributed by atoms with Crippen LogP contribution < -0.4 is 5.32 Å². The van der Waals surface area contributed by atoms with Crippen LogP contribution in [-0.4, -0.2) is 55.3 Å². The minimum atomic E-state index is -3.24. The molecule has 2 atom stereocenters. The summed E-state index contributed by atoms with van der Waals surface area (Å²) in [6.45, 7) is 3.20. The second-order valence-electron chi connectivity index (χ2n) is 6.03. The van der Waals surface area contributed by atoms with Gasteiger partial charge >= 0.3 is 0 Å². The molecular weight excluding hydrogens is 262 g/mol. The number of hydrogen-bond donors (Lipinski definition) is 1. The highest BCUT2D eigenvalue weighted by Gasteiger charge is 2.44. The lowest BCUT2D eigenvalue weighted by Crippen LogP contribution is -2.50. The van der Waals surface area contributed by atoms with E-state index in [1.807, 2.05) is 4.31 Å². The molecule has 0 spiro atoms. The van der Waals surface area contributed by atoms with Crippen LogP contribution >= 0.6 is 0 Å². The SMILES string of the molecule is O=S(=O)(N1CCCCCC1)N1C2CCNCC1CC2. The average Bonchev–Trinajstić information content (AvgIpc) is 2.58. The van der Waals surface area contributed by atoms with Gasteiger partial charge in [0.1, 0.15) is 0 Å². The van der Waals surface area contributed by atoms with E-state index >= 15 is 0 Å². The van der Waals surface area contributed by atoms with E-state index < -0.39 is 10.2 Å². The van der Waals surface area contributed by atoms with Gasteiger partial charge in [-0.1, -0.05) is 12.8 Å². The zero-order valence-electron chi connectivity index (χ0n) is 11.6. The summed E-state index contributed by atoms with van der Waals surface area (Å²) in [6.07, 6.45) is 7.38. The average molecular weight is 287 g/mol.